The summed E-state index contributed by atoms with van der Waals surface area (Å²) in [5.74, 6) is 0.663. The Kier molecular flexibility index (Phi) is 3.99. The van der Waals surface area contributed by atoms with E-state index in [1.54, 1.807) is 0 Å². The van der Waals surface area contributed by atoms with Gasteiger partial charge in [-0.3, -0.25) is 0 Å². The van der Waals surface area contributed by atoms with Gasteiger partial charge in [0.2, 0.25) is 0 Å². The molecule has 0 unspecified atom stereocenters. The number of methoxy groups -OCH3 is 1. The van der Waals surface area contributed by atoms with E-state index in [1.165, 1.54) is 30.3 Å². The van der Waals surface area contributed by atoms with Crippen molar-refractivity contribution in [2.24, 2.45) is 0 Å². The summed E-state index contributed by atoms with van der Waals surface area (Å²) in [7, 11) is 1.54. The number of nitrogens with zero attached hydrogens (tertiary/aromatic N) is 4. The van der Waals surface area contributed by atoms with Gasteiger partial charge in [-0.05, 0) is 18.1 Å². The highest BCUT2D eigenvalue weighted by molar-refractivity contribution is 5.67. The lowest BCUT2D eigenvalue weighted by Gasteiger charge is -2.14. The van der Waals surface area contributed by atoms with Crippen LogP contribution >= 0.6 is 0 Å². The van der Waals surface area contributed by atoms with Gasteiger partial charge >= 0.3 is 0 Å². The summed E-state index contributed by atoms with van der Waals surface area (Å²) in [6.45, 7) is 4.02. The Bertz CT molecular complexity index is 658. The van der Waals surface area contributed by atoms with Crippen LogP contribution in [0.1, 0.15) is 25.3 Å². The summed E-state index contributed by atoms with van der Waals surface area (Å²) in [5, 5.41) is 12.8. The van der Waals surface area contributed by atoms with Gasteiger partial charge in [0.25, 0.3) is 0 Å². The van der Waals surface area contributed by atoms with Crippen LogP contribution in [0.5, 0.6) is 5.75 Å². The third-order valence-corrected chi connectivity index (χ3v) is 2.92. The molecule has 0 bridgehead atoms. The molecule has 0 atom stereocenters. The number of ether oxygens (including phenoxy) is 1. The highest BCUT2D eigenvalue weighted by Gasteiger charge is 2.18. The summed E-state index contributed by atoms with van der Waals surface area (Å²) >= 11 is 0. The van der Waals surface area contributed by atoms with Crippen molar-refractivity contribution in [1.29, 1.82) is 5.26 Å². The van der Waals surface area contributed by atoms with Crippen LogP contribution in [0.3, 0.4) is 0 Å². The number of aromatic nitrogens is 3. The minimum Gasteiger partial charge on any atom is -0.496 e. The van der Waals surface area contributed by atoms with Crippen molar-refractivity contribution in [1.82, 2.24) is 14.8 Å². The molecule has 2 aromatic rings. The van der Waals surface area contributed by atoms with Crippen LogP contribution in [0.2, 0.25) is 0 Å². The summed E-state index contributed by atoms with van der Waals surface area (Å²) in [6.07, 6.45) is 1.44. The van der Waals surface area contributed by atoms with Crippen molar-refractivity contribution in [3.8, 4) is 23.2 Å². The van der Waals surface area contributed by atoms with Crippen LogP contribution in [0, 0.1) is 17.1 Å². The minimum atomic E-state index is -0.360. The van der Waals surface area contributed by atoms with E-state index >= 15 is 0 Å². The molecule has 2 rings (SSSR count). The van der Waals surface area contributed by atoms with Crippen LogP contribution < -0.4 is 4.74 Å². The molecule has 0 saturated heterocycles. The fraction of sp³-hybridized carbons (Fsp3) is 0.357. The van der Waals surface area contributed by atoms with Crippen molar-refractivity contribution in [3.63, 3.8) is 0 Å². The zero-order valence-electron chi connectivity index (χ0n) is 11.6. The van der Waals surface area contributed by atoms with E-state index in [0.29, 0.717) is 17.1 Å². The van der Waals surface area contributed by atoms with Crippen LogP contribution in [0.15, 0.2) is 18.5 Å². The van der Waals surface area contributed by atoms with Crippen molar-refractivity contribution in [2.75, 3.05) is 7.11 Å². The SMILES string of the molecule is COc1c(-c2ncn(CC#N)n2)cc(F)cc1C(C)C. The molecular weight excluding hydrogens is 259 g/mol. The summed E-state index contributed by atoms with van der Waals surface area (Å²) in [5.41, 5.74) is 1.26. The summed E-state index contributed by atoms with van der Waals surface area (Å²) < 4.78 is 20.6. The second-order valence-corrected chi connectivity index (χ2v) is 4.65. The monoisotopic (exact) mass is 274 g/mol. The predicted octanol–water partition coefficient (Wildman–Crippen LogP) is 2.74. The lowest BCUT2D eigenvalue weighted by Crippen LogP contribution is -2.00. The highest BCUT2D eigenvalue weighted by atomic mass is 19.1. The fourth-order valence-corrected chi connectivity index (χ4v) is 2.00. The van der Waals surface area contributed by atoms with Gasteiger partial charge in [0, 0.05) is 5.56 Å². The Morgan fingerprint density at radius 2 is 2.20 bits per heavy atom. The number of halogens is 1. The quantitative estimate of drug-likeness (QED) is 0.860. The standard InChI is InChI=1S/C14H15FN4O/c1-9(2)11-6-10(15)7-12(13(11)20-3)14-17-8-19(18-14)5-4-16/h6-9H,5H2,1-3H3. The fourth-order valence-electron chi connectivity index (χ4n) is 2.00. The molecule has 0 N–H and O–H groups in total. The first-order valence-electron chi connectivity index (χ1n) is 6.21. The van der Waals surface area contributed by atoms with Gasteiger partial charge in [0.15, 0.2) is 5.82 Å². The van der Waals surface area contributed by atoms with Gasteiger partial charge in [-0.1, -0.05) is 13.8 Å². The Hall–Kier alpha value is -2.42. The van der Waals surface area contributed by atoms with Gasteiger partial charge in [-0.2, -0.15) is 5.26 Å². The molecule has 104 valence electrons. The number of rotatable bonds is 4. The molecule has 1 aromatic carbocycles. The molecule has 0 aliphatic heterocycles. The molecule has 20 heavy (non-hydrogen) atoms. The first kappa shape index (κ1) is 14.0. The maximum absolute atomic E-state index is 13.8. The van der Waals surface area contributed by atoms with Crippen molar-refractivity contribution >= 4 is 0 Å². The Labute approximate surface area is 116 Å². The van der Waals surface area contributed by atoms with Crippen LogP contribution in [0.25, 0.3) is 11.4 Å². The number of hydrogen-bond donors (Lipinski definition) is 0. The first-order chi connectivity index (χ1) is 9.56. The highest BCUT2D eigenvalue weighted by Crippen LogP contribution is 2.36. The third-order valence-electron chi connectivity index (χ3n) is 2.92. The van der Waals surface area contributed by atoms with Crippen LogP contribution in [0.4, 0.5) is 4.39 Å². The van der Waals surface area contributed by atoms with E-state index < -0.39 is 0 Å². The molecule has 6 heteroatoms. The molecular formula is C14H15FN4O. The maximum atomic E-state index is 13.8. The largest absolute Gasteiger partial charge is 0.496 e. The Morgan fingerprint density at radius 1 is 1.45 bits per heavy atom. The normalized spacial score (nSPS) is 10.6. The minimum absolute atomic E-state index is 0.0989. The van der Waals surface area contributed by atoms with Crippen molar-refractivity contribution in [3.05, 3.63) is 29.8 Å². The van der Waals surface area contributed by atoms with Gasteiger partial charge in [-0.25, -0.2) is 14.1 Å². The second kappa shape index (κ2) is 5.70. The van der Waals surface area contributed by atoms with Crippen molar-refractivity contribution in [2.45, 2.75) is 26.3 Å². The number of benzene rings is 1. The molecule has 0 spiro atoms. The van der Waals surface area contributed by atoms with E-state index in [2.05, 4.69) is 10.1 Å². The molecule has 0 radical (unpaired) electrons. The topological polar surface area (TPSA) is 63.7 Å². The van der Waals surface area contributed by atoms with Gasteiger partial charge in [0.05, 0.1) is 18.7 Å². The van der Waals surface area contributed by atoms with Gasteiger partial charge < -0.3 is 4.74 Å². The van der Waals surface area contributed by atoms with E-state index in [1.807, 2.05) is 19.9 Å². The smallest absolute Gasteiger partial charge is 0.185 e. The second-order valence-electron chi connectivity index (χ2n) is 4.65. The Balaban J connectivity index is 2.57. The van der Waals surface area contributed by atoms with E-state index in [9.17, 15) is 4.39 Å². The summed E-state index contributed by atoms with van der Waals surface area (Å²) in [6, 6.07) is 4.78. The zero-order chi connectivity index (χ0) is 14.7. The molecule has 0 amide bonds. The van der Waals surface area contributed by atoms with Crippen molar-refractivity contribution < 1.29 is 9.13 Å². The maximum Gasteiger partial charge on any atom is 0.185 e. The van der Waals surface area contributed by atoms with E-state index in [4.69, 9.17) is 10.00 Å². The van der Waals surface area contributed by atoms with Crippen LogP contribution in [-0.2, 0) is 6.54 Å². The van der Waals surface area contributed by atoms with Gasteiger partial charge in [0.1, 0.15) is 24.4 Å². The Morgan fingerprint density at radius 3 is 2.80 bits per heavy atom. The lowest BCUT2D eigenvalue weighted by molar-refractivity contribution is 0.407. The van der Waals surface area contributed by atoms with E-state index in [-0.39, 0.29) is 18.3 Å². The molecule has 0 aliphatic rings. The lowest BCUT2D eigenvalue weighted by atomic mass is 9.98. The molecule has 1 heterocycles. The molecule has 0 aliphatic carbocycles. The number of hydrogen-bond acceptors (Lipinski definition) is 4. The summed E-state index contributed by atoms with van der Waals surface area (Å²) in [4.78, 5) is 4.11. The average molecular weight is 274 g/mol. The number of nitriles is 1. The van der Waals surface area contributed by atoms with Crippen LogP contribution in [-0.4, -0.2) is 21.9 Å². The molecule has 1 aromatic heterocycles. The van der Waals surface area contributed by atoms with E-state index in [0.717, 1.165) is 5.56 Å². The molecule has 0 fully saturated rings. The average Bonchev–Trinajstić information content (AvgIpc) is 2.86. The predicted molar refractivity (Wildman–Crippen MR) is 71.7 cm³/mol. The zero-order valence-corrected chi connectivity index (χ0v) is 11.6. The van der Waals surface area contributed by atoms with Gasteiger partial charge in [-0.15, -0.1) is 5.10 Å². The molecule has 5 nitrogen and oxygen atoms in total. The molecule has 0 saturated carbocycles. The third kappa shape index (κ3) is 2.62. The first-order valence-corrected chi connectivity index (χ1v) is 6.21.